The number of carbonyl (C=O) groups is 1. The smallest absolute Gasteiger partial charge is 0.317 e. The summed E-state index contributed by atoms with van der Waals surface area (Å²) in [6, 6.07) is 13.9. The lowest BCUT2D eigenvalue weighted by Gasteiger charge is -2.17. The quantitative estimate of drug-likeness (QED) is 0.917. The Kier molecular flexibility index (Phi) is 5.32. The second-order valence-corrected chi connectivity index (χ2v) is 5.14. The second-order valence-electron chi connectivity index (χ2n) is 5.14. The van der Waals surface area contributed by atoms with E-state index in [1.165, 1.54) is 5.56 Å². The monoisotopic (exact) mass is 283 g/mol. The molecule has 2 aromatic rings. The summed E-state index contributed by atoms with van der Waals surface area (Å²) in [5, 5.41) is 2.92. The number of nitrogens with one attached hydrogen (secondary N) is 1. The van der Waals surface area contributed by atoms with Crippen molar-refractivity contribution in [3.8, 4) is 0 Å². The average Bonchev–Trinajstić information content (AvgIpc) is 2.52. The van der Waals surface area contributed by atoms with Gasteiger partial charge in [-0.15, -0.1) is 0 Å². The van der Waals surface area contributed by atoms with E-state index in [-0.39, 0.29) is 6.03 Å². The number of rotatable bonds is 5. The van der Waals surface area contributed by atoms with Crippen LogP contribution in [0.15, 0.2) is 48.7 Å². The second kappa shape index (κ2) is 7.43. The fraction of sp³-hybridized carbons (Fsp3) is 0.294. The van der Waals surface area contributed by atoms with Gasteiger partial charge in [-0.2, -0.15) is 0 Å². The van der Waals surface area contributed by atoms with Crippen molar-refractivity contribution >= 4 is 6.03 Å². The average molecular weight is 283 g/mol. The molecule has 1 aromatic heterocycles. The summed E-state index contributed by atoms with van der Waals surface area (Å²) in [5.74, 6) is 0. The van der Waals surface area contributed by atoms with Crippen LogP contribution in [0.2, 0.25) is 0 Å². The number of hydrogen-bond donors (Lipinski definition) is 1. The van der Waals surface area contributed by atoms with E-state index >= 15 is 0 Å². The van der Waals surface area contributed by atoms with Gasteiger partial charge in [0.2, 0.25) is 0 Å². The van der Waals surface area contributed by atoms with Crippen LogP contribution in [0.5, 0.6) is 0 Å². The minimum atomic E-state index is -0.0634. The number of aromatic nitrogens is 1. The first kappa shape index (κ1) is 15.0. The Morgan fingerprint density at radius 1 is 1.19 bits per heavy atom. The Hall–Kier alpha value is -2.36. The molecular weight excluding hydrogens is 262 g/mol. The molecule has 4 heteroatoms. The highest BCUT2D eigenvalue weighted by Gasteiger charge is 2.08. The van der Waals surface area contributed by atoms with Crippen LogP contribution in [-0.2, 0) is 13.0 Å². The summed E-state index contributed by atoms with van der Waals surface area (Å²) in [4.78, 5) is 17.9. The first-order valence-electron chi connectivity index (χ1n) is 7.09. The molecule has 0 atom stereocenters. The summed E-state index contributed by atoms with van der Waals surface area (Å²) in [6.07, 6.45) is 2.53. The van der Waals surface area contributed by atoms with Crippen LogP contribution < -0.4 is 5.32 Å². The number of carbonyl (C=O) groups excluding carboxylic acids is 1. The molecule has 0 bridgehead atoms. The van der Waals surface area contributed by atoms with Crippen LogP contribution in [0.4, 0.5) is 4.79 Å². The molecular formula is C17H21N3O. The minimum Gasteiger partial charge on any atom is -0.334 e. The van der Waals surface area contributed by atoms with Gasteiger partial charge in [0.1, 0.15) is 0 Å². The highest BCUT2D eigenvalue weighted by atomic mass is 16.2. The zero-order chi connectivity index (χ0) is 15.1. The third-order valence-electron chi connectivity index (χ3n) is 3.34. The zero-order valence-corrected chi connectivity index (χ0v) is 12.5. The van der Waals surface area contributed by atoms with Crippen LogP contribution in [0.25, 0.3) is 0 Å². The van der Waals surface area contributed by atoms with E-state index in [1.54, 1.807) is 18.1 Å². The largest absolute Gasteiger partial charge is 0.334 e. The van der Waals surface area contributed by atoms with Crippen molar-refractivity contribution in [2.45, 2.75) is 19.9 Å². The molecule has 21 heavy (non-hydrogen) atoms. The number of pyridine rings is 1. The van der Waals surface area contributed by atoms with Crippen molar-refractivity contribution in [1.82, 2.24) is 15.2 Å². The molecule has 0 aliphatic heterocycles. The molecule has 1 heterocycles. The lowest BCUT2D eigenvalue weighted by molar-refractivity contribution is 0.209. The normalized spacial score (nSPS) is 10.2. The van der Waals surface area contributed by atoms with E-state index in [0.29, 0.717) is 13.1 Å². The predicted molar refractivity (Wildman–Crippen MR) is 84.0 cm³/mol. The molecule has 2 rings (SSSR count). The summed E-state index contributed by atoms with van der Waals surface area (Å²) in [5.41, 5.74) is 3.32. The van der Waals surface area contributed by atoms with Crippen LogP contribution in [0.3, 0.4) is 0 Å². The van der Waals surface area contributed by atoms with Gasteiger partial charge in [0.05, 0.1) is 0 Å². The Morgan fingerprint density at radius 3 is 2.62 bits per heavy atom. The van der Waals surface area contributed by atoms with Crippen LogP contribution in [0, 0.1) is 6.92 Å². The van der Waals surface area contributed by atoms with Gasteiger partial charge in [-0.1, -0.05) is 35.9 Å². The van der Waals surface area contributed by atoms with Gasteiger partial charge < -0.3 is 10.2 Å². The zero-order valence-electron chi connectivity index (χ0n) is 12.5. The SMILES string of the molecule is Cc1ccc(CNC(=O)N(C)CCc2ccccn2)cc1. The summed E-state index contributed by atoms with van der Waals surface area (Å²) in [7, 11) is 1.80. The molecule has 2 amide bonds. The Bertz CT molecular complexity index is 566. The molecule has 0 saturated heterocycles. The third-order valence-corrected chi connectivity index (χ3v) is 3.34. The van der Waals surface area contributed by atoms with Crippen molar-refractivity contribution in [3.63, 3.8) is 0 Å². The lowest BCUT2D eigenvalue weighted by atomic mass is 10.1. The summed E-state index contributed by atoms with van der Waals surface area (Å²) < 4.78 is 0. The molecule has 0 aliphatic rings. The molecule has 110 valence electrons. The number of benzene rings is 1. The molecule has 1 aromatic carbocycles. The number of amides is 2. The molecule has 0 fully saturated rings. The first-order chi connectivity index (χ1) is 10.1. The van der Waals surface area contributed by atoms with Gasteiger partial charge >= 0.3 is 6.03 Å². The van der Waals surface area contributed by atoms with Crippen LogP contribution in [0.1, 0.15) is 16.8 Å². The van der Waals surface area contributed by atoms with Gasteiger partial charge in [-0.25, -0.2) is 4.79 Å². The first-order valence-corrected chi connectivity index (χ1v) is 7.09. The van der Waals surface area contributed by atoms with Gasteiger partial charge in [-0.3, -0.25) is 4.98 Å². The fourth-order valence-corrected chi connectivity index (χ4v) is 1.95. The lowest BCUT2D eigenvalue weighted by Crippen LogP contribution is -2.38. The fourth-order valence-electron chi connectivity index (χ4n) is 1.95. The van der Waals surface area contributed by atoms with Crippen molar-refractivity contribution in [2.75, 3.05) is 13.6 Å². The van der Waals surface area contributed by atoms with E-state index in [1.807, 2.05) is 49.4 Å². The maximum absolute atomic E-state index is 12.0. The van der Waals surface area contributed by atoms with Gasteiger partial charge in [0.15, 0.2) is 0 Å². The van der Waals surface area contributed by atoms with Crippen molar-refractivity contribution in [1.29, 1.82) is 0 Å². The Balaban J connectivity index is 1.76. The Labute approximate surface area is 125 Å². The van der Waals surface area contributed by atoms with E-state index < -0.39 is 0 Å². The number of urea groups is 1. The van der Waals surface area contributed by atoms with E-state index in [9.17, 15) is 4.79 Å². The van der Waals surface area contributed by atoms with Crippen molar-refractivity contribution in [2.24, 2.45) is 0 Å². The highest BCUT2D eigenvalue weighted by Crippen LogP contribution is 2.03. The number of likely N-dealkylation sites (N-methyl/N-ethyl adjacent to an activating group) is 1. The molecule has 0 radical (unpaired) electrons. The third kappa shape index (κ3) is 4.91. The predicted octanol–water partition coefficient (Wildman–Crippen LogP) is 2.77. The molecule has 0 unspecified atom stereocenters. The summed E-state index contributed by atoms with van der Waals surface area (Å²) in [6.45, 7) is 3.25. The molecule has 0 aliphatic carbocycles. The number of hydrogen-bond acceptors (Lipinski definition) is 2. The maximum atomic E-state index is 12.0. The minimum absolute atomic E-state index is 0.0634. The number of nitrogens with zero attached hydrogens (tertiary/aromatic N) is 2. The standard InChI is InChI=1S/C17H21N3O/c1-14-6-8-15(9-7-14)13-19-17(21)20(2)12-10-16-5-3-4-11-18-16/h3-9,11H,10,12-13H2,1-2H3,(H,19,21). The van der Waals surface area contributed by atoms with Crippen molar-refractivity contribution < 1.29 is 4.79 Å². The van der Waals surface area contributed by atoms with Crippen LogP contribution >= 0.6 is 0 Å². The molecule has 4 nitrogen and oxygen atoms in total. The highest BCUT2D eigenvalue weighted by molar-refractivity contribution is 5.73. The van der Waals surface area contributed by atoms with Crippen molar-refractivity contribution in [3.05, 3.63) is 65.5 Å². The van der Waals surface area contributed by atoms with Gasteiger partial charge in [-0.05, 0) is 24.6 Å². The summed E-state index contributed by atoms with van der Waals surface area (Å²) >= 11 is 0. The number of aryl methyl sites for hydroxylation is 1. The maximum Gasteiger partial charge on any atom is 0.317 e. The van der Waals surface area contributed by atoms with E-state index in [0.717, 1.165) is 17.7 Å². The molecule has 0 spiro atoms. The van der Waals surface area contributed by atoms with E-state index in [2.05, 4.69) is 10.3 Å². The van der Waals surface area contributed by atoms with Gasteiger partial charge in [0, 0.05) is 38.4 Å². The van der Waals surface area contributed by atoms with Crippen LogP contribution in [-0.4, -0.2) is 29.5 Å². The van der Waals surface area contributed by atoms with Gasteiger partial charge in [0.25, 0.3) is 0 Å². The van der Waals surface area contributed by atoms with E-state index in [4.69, 9.17) is 0 Å². The topological polar surface area (TPSA) is 45.2 Å². The molecule has 0 saturated carbocycles. The Morgan fingerprint density at radius 2 is 1.95 bits per heavy atom. The molecule has 1 N–H and O–H groups in total.